The van der Waals surface area contributed by atoms with Gasteiger partial charge in [0.05, 0.1) is 19.8 Å². The molecular weight excluding hydrogens is 320 g/mol. The number of rotatable bonds is 7. The third kappa shape index (κ3) is 8.88. The molecule has 25 heavy (non-hydrogen) atoms. The van der Waals surface area contributed by atoms with Gasteiger partial charge in [0.25, 0.3) is 0 Å². The molecule has 148 valence electrons. The molecule has 0 unspecified atom stereocenters. The summed E-state index contributed by atoms with van der Waals surface area (Å²) in [6.45, 7) is 19.4. The molecule has 1 aliphatic heterocycles. The van der Waals surface area contributed by atoms with Gasteiger partial charge in [0.15, 0.2) is 0 Å². The van der Waals surface area contributed by atoms with Crippen LogP contribution in [0.2, 0.25) is 0 Å². The first-order chi connectivity index (χ1) is 11.3. The van der Waals surface area contributed by atoms with Gasteiger partial charge in [-0.1, -0.05) is 27.7 Å². The molecule has 0 spiro atoms. The number of carbonyl (C=O) groups is 1. The highest BCUT2D eigenvalue weighted by Gasteiger charge is 2.29. The van der Waals surface area contributed by atoms with Crippen molar-refractivity contribution in [3.63, 3.8) is 0 Å². The SMILES string of the molecule is CC(C)(CO)COCC(C)(C)CN1CCN(C(=O)OC(C)(C)C)CC1. The average molecular weight is 359 g/mol. The first-order valence-corrected chi connectivity index (χ1v) is 9.22. The van der Waals surface area contributed by atoms with Crippen LogP contribution in [0.4, 0.5) is 4.79 Å². The lowest BCUT2D eigenvalue weighted by Gasteiger charge is -2.39. The number of amides is 1. The van der Waals surface area contributed by atoms with E-state index in [1.807, 2.05) is 34.6 Å². The van der Waals surface area contributed by atoms with Crippen LogP contribution in [0, 0.1) is 10.8 Å². The fourth-order valence-corrected chi connectivity index (χ4v) is 2.72. The Balaban J connectivity index is 2.36. The van der Waals surface area contributed by atoms with Crippen LogP contribution in [0.3, 0.4) is 0 Å². The Kier molecular flexibility index (Phi) is 7.71. The van der Waals surface area contributed by atoms with Gasteiger partial charge in [-0.2, -0.15) is 0 Å². The van der Waals surface area contributed by atoms with E-state index in [0.717, 1.165) is 19.6 Å². The van der Waals surface area contributed by atoms with Crippen molar-refractivity contribution < 1.29 is 19.4 Å². The highest BCUT2D eigenvalue weighted by Crippen LogP contribution is 2.21. The number of nitrogens with zero attached hydrogens (tertiary/aromatic N) is 2. The van der Waals surface area contributed by atoms with Gasteiger partial charge in [0.1, 0.15) is 5.60 Å². The van der Waals surface area contributed by atoms with Crippen LogP contribution in [0.5, 0.6) is 0 Å². The third-order valence-corrected chi connectivity index (χ3v) is 4.09. The van der Waals surface area contributed by atoms with Gasteiger partial charge in [0, 0.05) is 43.6 Å². The standard InChI is InChI=1S/C19H38N2O4/c1-17(2,3)25-16(23)21-10-8-20(9-11-21)12-18(4,5)14-24-15-19(6,7)13-22/h22H,8-15H2,1-7H3. The molecule has 6 nitrogen and oxygen atoms in total. The molecule has 0 aromatic heterocycles. The lowest BCUT2D eigenvalue weighted by molar-refractivity contribution is -0.0214. The van der Waals surface area contributed by atoms with Crippen LogP contribution in [-0.2, 0) is 9.47 Å². The summed E-state index contributed by atoms with van der Waals surface area (Å²) in [6.07, 6.45) is -0.221. The Morgan fingerprint density at radius 1 is 0.920 bits per heavy atom. The maximum Gasteiger partial charge on any atom is 0.410 e. The van der Waals surface area contributed by atoms with Crippen molar-refractivity contribution in [2.24, 2.45) is 10.8 Å². The average Bonchev–Trinajstić information content (AvgIpc) is 2.45. The molecule has 1 saturated heterocycles. The molecule has 1 fully saturated rings. The summed E-state index contributed by atoms with van der Waals surface area (Å²) < 4.78 is 11.3. The van der Waals surface area contributed by atoms with E-state index in [0.29, 0.717) is 26.3 Å². The van der Waals surface area contributed by atoms with E-state index in [1.54, 1.807) is 4.90 Å². The summed E-state index contributed by atoms with van der Waals surface area (Å²) >= 11 is 0. The van der Waals surface area contributed by atoms with E-state index in [1.165, 1.54) is 0 Å². The summed E-state index contributed by atoms with van der Waals surface area (Å²) in [5, 5.41) is 9.29. The Bertz CT molecular complexity index is 422. The number of hydrogen-bond donors (Lipinski definition) is 1. The van der Waals surface area contributed by atoms with Crippen molar-refractivity contribution in [1.29, 1.82) is 0 Å². The number of aliphatic hydroxyl groups is 1. The lowest BCUT2D eigenvalue weighted by Crippen LogP contribution is -2.52. The molecular formula is C19H38N2O4. The molecule has 0 aromatic rings. The Morgan fingerprint density at radius 3 is 1.92 bits per heavy atom. The van der Waals surface area contributed by atoms with E-state index in [9.17, 15) is 9.90 Å². The number of hydrogen-bond acceptors (Lipinski definition) is 5. The summed E-state index contributed by atoms with van der Waals surface area (Å²) in [4.78, 5) is 16.3. The summed E-state index contributed by atoms with van der Waals surface area (Å²) in [5.74, 6) is 0. The monoisotopic (exact) mass is 358 g/mol. The van der Waals surface area contributed by atoms with Crippen molar-refractivity contribution in [3.8, 4) is 0 Å². The van der Waals surface area contributed by atoms with Gasteiger partial charge in [-0.25, -0.2) is 4.79 Å². The predicted molar refractivity (Wildman–Crippen MR) is 99.7 cm³/mol. The van der Waals surface area contributed by atoms with Gasteiger partial charge < -0.3 is 19.5 Å². The first-order valence-electron chi connectivity index (χ1n) is 9.22. The molecule has 1 amide bonds. The number of ether oxygens (including phenoxy) is 2. The van der Waals surface area contributed by atoms with Gasteiger partial charge in [-0.15, -0.1) is 0 Å². The molecule has 0 radical (unpaired) electrons. The van der Waals surface area contributed by atoms with Crippen molar-refractivity contribution in [1.82, 2.24) is 9.80 Å². The van der Waals surface area contributed by atoms with Crippen LogP contribution in [0.1, 0.15) is 48.5 Å². The summed E-state index contributed by atoms with van der Waals surface area (Å²) in [7, 11) is 0. The Labute approximate surface area is 153 Å². The van der Waals surface area contributed by atoms with E-state index in [2.05, 4.69) is 18.7 Å². The highest BCUT2D eigenvalue weighted by molar-refractivity contribution is 5.68. The molecule has 0 atom stereocenters. The van der Waals surface area contributed by atoms with E-state index < -0.39 is 5.60 Å². The molecule has 0 saturated carbocycles. The maximum atomic E-state index is 12.1. The lowest BCUT2D eigenvalue weighted by atomic mass is 9.92. The first kappa shape index (κ1) is 22.2. The zero-order chi connectivity index (χ0) is 19.3. The number of aliphatic hydroxyl groups excluding tert-OH is 1. The van der Waals surface area contributed by atoms with Crippen molar-refractivity contribution in [2.45, 2.75) is 54.1 Å². The minimum atomic E-state index is -0.449. The fourth-order valence-electron chi connectivity index (χ4n) is 2.72. The predicted octanol–water partition coefficient (Wildman–Crippen LogP) is 2.60. The molecule has 6 heteroatoms. The number of piperazine rings is 1. The summed E-state index contributed by atoms with van der Waals surface area (Å²) in [5.41, 5.74) is -0.620. The van der Waals surface area contributed by atoms with Crippen LogP contribution < -0.4 is 0 Å². The quantitative estimate of drug-likeness (QED) is 0.758. The molecule has 0 aromatic carbocycles. The van der Waals surface area contributed by atoms with E-state index in [4.69, 9.17) is 9.47 Å². The van der Waals surface area contributed by atoms with Crippen LogP contribution in [0.15, 0.2) is 0 Å². The minimum Gasteiger partial charge on any atom is -0.444 e. The van der Waals surface area contributed by atoms with Gasteiger partial charge >= 0.3 is 6.09 Å². The van der Waals surface area contributed by atoms with Crippen molar-refractivity contribution >= 4 is 6.09 Å². The molecule has 1 heterocycles. The Morgan fingerprint density at radius 2 is 1.44 bits per heavy atom. The van der Waals surface area contributed by atoms with Crippen molar-refractivity contribution in [3.05, 3.63) is 0 Å². The van der Waals surface area contributed by atoms with Gasteiger partial charge in [-0.05, 0) is 20.8 Å². The molecule has 1 N–H and O–H groups in total. The summed E-state index contributed by atoms with van der Waals surface area (Å²) in [6, 6.07) is 0. The Hall–Kier alpha value is -0.850. The van der Waals surface area contributed by atoms with Crippen molar-refractivity contribution in [2.75, 3.05) is 52.5 Å². The molecule has 0 bridgehead atoms. The van der Waals surface area contributed by atoms with Gasteiger partial charge in [0.2, 0.25) is 0 Å². The second-order valence-electron chi connectivity index (χ2n) is 9.72. The zero-order valence-electron chi connectivity index (χ0n) is 17.2. The second-order valence-corrected chi connectivity index (χ2v) is 9.72. The van der Waals surface area contributed by atoms with E-state index >= 15 is 0 Å². The maximum absolute atomic E-state index is 12.1. The van der Waals surface area contributed by atoms with Crippen LogP contribution in [-0.4, -0.2) is 79.1 Å². The normalized spacial score (nSPS) is 17.7. The number of carbonyl (C=O) groups excluding carboxylic acids is 1. The molecule has 1 aliphatic rings. The second kappa shape index (κ2) is 8.69. The minimum absolute atomic E-state index is 0.0274. The molecule has 1 rings (SSSR count). The molecule has 0 aliphatic carbocycles. The van der Waals surface area contributed by atoms with Gasteiger partial charge in [-0.3, -0.25) is 4.90 Å². The smallest absolute Gasteiger partial charge is 0.410 e. The van der Waals surface area contributed by atoms with Crippen LogP contribution >= 0.6 is 0 Å². The third-order valence-electron chi connectivity index (χ3n) is 4.09. The van der Waals surface area contributed by atoms with E-state index in [-0.39, 0.29) is 23.5 Å². The topological polar surface area (TPSA) is 62.2 Å². The largest absolute Gasteiger partial charge is 0.444 e. The van der Waals surface area contributed by atoms with Crippen LogP contribution in [0.25, 0.3) is 0 Å². The zero-order valence-corrected chi connectivity index (χ0v) is 17.2. The highest BCUT2D eigenvalue weighted by atomic mass is 16.6. The fraction of sp³-hybridized carbons (Fsp3) is 0.947.